The molecular weight excluding hydrogens is 333 g/mol. The van der Waals surface area contributed by atoms with E-state index in [1.54, 1.807) is 30.5 Å². The summed E-state index contributed by atoms with van der Waals surface area (Å²) in [5, 5.41) is 3.95. The van der Waals surface area contributed by atoms with Gasteiger partial charge in [-0.1, -0.05) is 17.3 Å². The van der Waals surface area contributed by atoms with Crippen LogP contribution in [0.25, 0.3) is 35.1 Å². The Morgan fingerprint density at radius 2 is 1.69 bits per heavy atom. The van der Waals surface area contributed by atoms with Crippen LogP contribution in [0.4, 0.5) is 4.39 Å². The molecule has 4 heterocycles. The molecule has 0 aromatic carbocycles. The summed E-state index contributed by atoms with van der Waals surface area (Å²) in [6.45, 7) is 0. The number of hydrogen-bond acceptors (Lipinski definition) is 6. The normalized spacial score (nSPS) is 11.1. The van der Waals surface area contributed by atoms with E-state index >= 15 is 0 Å². The van der Waals surface area contributed by atoms with Crippen molar-refractivity contribution < 1.29 is 8.91 Å². The van der Waals surface area contributed by atoms with Gasteiger partial charge in [-0.2, -0.15) is 4.98 Å². The molecule has 0 saturated heterocycles. The second-order valence-corrected chi connectivity index (χ2v) is 5.31. The highest BCUT2D eigenvalue weighted by atomic mass is 19.1. The number of pyridine rings is 3. The number of aromatic nitrogens is 5. The minimum atomic E-state index is -0.388. The van der Waals surface area contributed by atoms with E-state index in [2.05, 4.69) is 25.1 Å². The van der Waals surface area contributed by atoms with Crippen LogP contribution in [-0.4, -0.2) is 25.1 Å². The Morgan fingerprint density at radius 1 is 0.808 bits per heavy atom. The second-order valence-electron chi connectivity index (χ2n) is 5.31. The molecule has 4 aromatic rings. The largest absolute Gasteiger partial charge is 0.334 e. The lowest BCUT2D eigenvalue weighted by Gasteiger charge is -2.00. The van der Waals surface area contributed by atoms with E-state index < -0.39 is 0 Å². The van der Waals surface area contributed by atoms with E-state index in [1.165, 1.54) is 6.07 Å². The van der Waals surface area contributed by atoms with Crippen molar-refractivity contribution in [2.45, 2.75) is 0 Å². The molecule has 0 aliphatic rings. The van der Waals surface area contributed by atoms with E-state index in [1.807, 2.05) is 30.3 Å². The first-order chi connectivity index (χ1) is 12.8. The van der Waals surface area contributed by atoms with Gasteiger partial charge in [0.2, 0.25) is 5.82 Å². The van der Waals surface area contributed by atoms with Crippen LogP contribution < -0.4 is 0 Å². The third kappa shape index (κ3) is 3.51. The molecule has 4 aromatic heterocycles. The van der Waals surface area contributed by atoms with Crippen molar-refractivity contribution in [3.63, 3.8) is 0 Å². The lowest BCUT2D eigenvalue weighted by molar-refractivity contribution is 0.411. The predicted molar refractivity (Wildman–Crippen MR) is 93.9 cm³/mol. The number of rotatable bonds is 4. The Labute approximate surface area is 148 Å². The summed E-state index contributed by atoms with van der Waals surface area (Å²) in [7, 11) is 0. The molecule has 0 unspecified atom stereocenters. The highest BCUT2D eigenvalue weighted by molar-refractivity contribution is 5.65. The summed E-state index contributed by atoms with van der Waals surface area (Å²) < 4.78 is 18.1. The third-order valence-electron chi connectivity index (χ3n) is 3.49. The van der Waals surface area contributed by atoms with Gasteiger partial charge < -0.3 is 4.52 Å². The highest BCUT2D eigenvalue weighted by Gasteiger charge is 2.10. The first-order valence-electron chi connectivity index (χ1n) is 7.80. The number of hydrogen-bond donors (Lipinski definition) is 0. The summed E-state index contributed by atoms with van der Waals surface area (Å²) in [5.41, 5.74) is 2.65. The van der Waals surface area contributed by atoms with Gasteiger partial charge in [0.25, 0.3) is 5.89 Å². The van der Waals surface area contributed by atoms with Crippen LogP contribution in [0, 0.1) is 5.82 Å². The van der Waals surface area contributed by atoms with Crippen molar-refractivity contribution in [1.29, 1.82) is 0 Å². The van der Waals surface area contributed by atoms with Crippen molar-refractivity contribution in [2.75, 3.05) is 0 Å². The lowest BCUT2D eigenvalue weighted by atomic mass is 10.2. The van der Waals surface area contributed by atoms with E-state index in [4.69, 9.17) is 4.52 Å². The monoisotopic (exact) mass is 345 g/mol. The van der Waals surface area contributed by atoms with Gasteiger partial charge in [-0.3, -0.25) is 9.97 Å². The Bertz CT molecular complexity index is 1040. The van der Waals surface area contributed by atoms with Crippen molar-refractivity contribution in [2.24, 2.45) is 0 Å². The van der Waals surface area contributed by atoms with E-state index in [0.29, 0.717) is 23.1 Å². The lowest BCUT2D eigenvalue weighted by Crippen LogP contribution is -1.90. The van der Waals surface area contributed by atoms with Gasteiger partial charge in [-0.15, -0.1) is 0 Å². The van der Waals surface area contributed by atoms with Crippen molar-refractivity contribution in [1.82, 2.24) is 25.1 Å². The van der Waals surface area contributed by atoms with Crippen LogP contribution in [0.5, 0.6) is 0 Å². The fourth-order valence-electron chi connectivity index (χ4n) is 2.27. The minimum absolute atomic E-state index is 0.302. The van der Waals surface area contributed by atoms with Gasteiger partial charge in [0.15, 0.2) is 0 Å². The van der Waals surface area contributed by atoms with E-state index in [9.17, 15) is 4.39 Å². The van der Waals surface area contributed by atoms with Crippen molar-refractivity contribution >= 4 is 12.2 Å². The average Bonchev–Trinajstić information content (AvgIpc) is 3.18. The molecule has 0 fully saturated rings. The quantitative estimate of drug-likeness (QED) is 0.558. The molecule has 0 spiro atoms. The van der Waals surface area contributed by atoms with Gasteiger partial charge >= 0.3 is 0 Å². The van der Waals surface area contributed by atoms with Crippen LogP contribution in [0.15, 0.2) is 65.4 Å². The van der Waals surface area contributed by atoms with Crippen LogP contribution in [0.2, 0.25) is 0 Å². The van der Waals surface area contributed by atoms with Crippen LogP contribution in [0.3, 0.4) is 0 Å². The molecule has 0 amide bonds. The predicted octanol–water partition coefficient (Wildman–Crippen LogP) is 3.90. The van der Waals surface area contributed by atoms with Gasteiger partial charge in [0.05, 0.1) is 23.3 Å². The maximum absolute atomic E-state index is 12.9. The smallest absolute Gasteiger partial charge is 0.251 e. The molecule has 0 atom stereocenters. The molecular formula is C19H12FN5O. The molecule has 126 valence electrons. The van der Waals surface area contributed by atoms with Gasteiger partial charge in [-0.05, 0) is 42.5 Å². The summed E-state index contributed by atoms with van der Waals surface area (Å²) >= 11 is 0. The zero-order chi connectivity index (χ0) is 17.8. The SMILES string of the molecule is Fc1ccc(/C=C/c2nc(-c3cccc(-c4ccccn4)n3)no2)nc1. The molecule has 7 heteroatoms. The van der Waals surface area contributed by atoms with E-state index in [0.717, 1.165) is 17.6 Å². The molecule has 0 N–H and O–H groups in total. The molecule has 26 heavy (non-hydrogen) atoms. The van der Waals surface area contributed by atoms with Crippen LogP contribution >= 0.6 is 0 Å². The van der Waals surface area contributed by atoms with Gasteiger partial charge in [0, 0.05) is 12.3 Å². The standard InChI is InChI=1S/C19H12FN5O/c20-13-7-8-14(22-12-13)9-10-18-24-19(25-26-18)17-6-3-5-16(23-17)15-4-1-2-11-21-15/h1-12H/b10-9+. The first-order valence-corrected chi connectivity index (χ1v) is 7.80. The fourth-order valence-corrected chi connectivity index (χ4v) is 2.27. The Balaban J connectivity index is 1.57. The fraction of sp³-hybridized carbons (Fsp3) is 0. The van der Waals surface area contributed by atoms with Gasteiger partial charge in [0.1, 0.15) is 11.5 Å². The summed E-state index contributed by atoms with van der Waals surface area (Å²) in [4.78, 5) is 17.0. The maximum Gasteiger partial charge on any atom is 0.251 e. The molecule has 4 rings (SSSR count). The topological polar surface area (TPSA) is 77.6 Å². The zero-order valence-electron chi connectivity index (χ0n) is 13.5. The molecule has 0 aliphatic carbocycles. The number of nitrogens with zero attached hydrogens (tertiary/aromatic N) is 5. The Kier molecular flexibility index (Phi) is 4.26. The zero-order valence-corrected chi connectivity index (χ0v) is 13.5. The minimum Gasteiger partial charge on any atom is -0.334 e. The first kappa shape index (κ1) is 15.8. The summed E-state index contributed by atoms with van der Waals surface area (Å²) in [6, 6.07) is 14.0. The Morgan fingerprint density at radius 3 is 2.50 bits per heavy atom. The third-order valence-corrected chi connectivity index (χ3v) is 3.49. The molecule has 0 bridgehead atoms. The highest BCUT2D eigenvalue weighted by Crippen LogP contribution is 2.19. The number of halogens is 1. The summed E-state index contributed by atoms with van der Waals surface area (Å²) in [6.07, 6.45) is 6.13. The molecule has 0 radical (unpaired) electrons. The van der Waals surface area contributed by atoms with Crippen molar-refractivity contribution in [3.05, 3.63) is 78.3 Å². The maximum atomic E-state index is 12.9. The second kappa shape index (κ2) is 7.02. The van der Waals surface area contributed by atoms with Crippen LogP contribution in [0.1, 0.15) is 11.6 Å². The van der Waals surface area contributed by atoms with Crippen molar-refractivity contribution in [3.8, 4) is 22.9 Å². The van der Waals surface area contributed by atoms with E-state index in [-0.39, 0.29) is 5.82 Å². The Hall–Kier alpha value is -3.74. The average molecular weight is 345 g/mol. The molecule has 0 aliphatic heterocycles. The van der Waals surface area contributed by atoms with Gasteiger partial charge in [-0.25, -0.2) is 9.37 Å². The van der Waals surface area contributed by atoms with Crippen LogP contribution in [-0.2, 0) is 0 Å². The molecule has 0 saturated carbocycles. The molecule has 6 nitrogen and oxygen atoms in total. The summed E-state index contributed by atoms with van der Waals surface area (Å²) in [5.74, 6) is 0.284.